The zero-order valence-electron chi connectivity index (χ0n) is 11.4. The molecule has 1 amide bonds. The van der Waals surface area contributed by atoms with Crippen molar-refractivity contribution in [2.45, 2.75) is 13.5 Å². The predicted molar refractivity (Wildman–Crippen MR) is 78.3 cm³/mol. The summed E-state index contributed by atoms with van der Waals surface area (Å²) in [7, 11) is 1.71. The number of aryl methyl sites for hydroxylation is 1. The molecule has 2 aromatic heterocycles. The number of aromatic nitrogens is 1. The second-order valence-electron chi connectivity index (χ2n) is 4.19. The van der Waals surface area contributed by atoms with Crippen LogP contribution in [-0.2, 0) is 13.6 Å². The first-order chi connectivity index (χ1) is 9.61. The van der Waals surface area contributed by atoms with Gasteiger partial charge in [-0.15, -0.1) is 11.3 Å². The molecule has 0 aliphatic heterocycles. The molecule has 0 spiro atoms. The fraction of sp³-hybridized carbons (Fsp3) is 0.286. The van der Waals surface area contributed by atoms with Crippen LogP contribution in [0.25, 0.3) is 0 Å². The van der Waals surface area contributed by atoms with Crippen LogP contribution in [0.1, 0.15) is 22.3 Å². The molecular formula is C14H16N2O3S. The van der Waals surface area contributed by atoms with Crippen LogP contribution in [0.3, 0.4) is 0 Å². The molecular weight excluding hydrogens is 276 g/mol. The van der Waals surface area contributed by atoms with Gasteiger partial charge < -0.3 is 14.6 Å². The normalized spacial score (nSPS) is 10.3. The van der Waals surface area contributed by atoms with Crippen LogP contribution in [0.4, 0.5) is 0 Å². The Morgan fingerprint density at radius 2 is 2.30 bits per heavy atom. The zero-order chi connectivity index (χ0) is 14.5. The summed E-state index contributed by atoms with van der Waals surface area (Å²) in [6.07, 6.45) is 1.53. The first-order valence-electron chi connectivity index (χ1n) is 6.26. The van der Waals surface area contributed by atoms with E-state index in [0.717, 1.165) is 4.88 Å². The number of hydrogen-bond acceptors (Lipinski definition) is 4. The summed E-state index contributed by atoms with van der Waals surface area (Å²) in [4.78, 5) is 24.9. The molecule has 0 fully saturated rings. The van der Waals surface area contributed by atoms with Gasteiger partial charge in [0.15, 0.2) is 5.75 Å². The van der Waals surface area contributed by atoms with Crippen LogP contribution < -0.4 is 15.5 Å². The van der Waals surface area contributed by atoms with E-state index in [4.69, 9.17) is 4.74 Å². The van der Waals surface area contributed by atoms with Crippen molar-refractivity contribution < 1.29 is 9.53 Å². The highest BCUT2D eigenvalue weighted by Gasteiger charge is 2.12. The minimum absolute atomic E-state index is 0.254. The van der Waals surface area contributed by atoms with Gasteiger partial charge in [0.2, 0.25) is 5.43 Å². The van der Waals surface area contributed by atoms with Crippen LogP contribution >= 0.6 is 11.3 Å². The first kappa shape index (κ1) is 14.3. The molecule has 0 aliphatic rings. The highest BCUT2D eigenvalue weighted by Crippen LogP contribution is 2.09. The molecule has 0 atom stereocenters. The van der Waals surface area contributed by atoms with E-state index in [1.165, 1.54) is 12.3 Å². The van der Waals surface area contributed by atoms with E-state index in [0.29, 0.717) is 18.8 Å². The Balaban J connectivity index is 2.13. The van der Waals surface area contributed by atoms with Crippen LogP contribution in [0.5, 0.6) is 5.75 Å². The molecule has 0 aromatic carbocycles. The summed E-state index contributed by atoms with van der Waals surface area (Å²) in [5, 5.41) is 4.74. The molecule has 1 N–H and O–H groups in total. The van der Waals surface area contributed by atoms with Crippen molar-refractivity contribution in [3.8, 4) is 5.75 Å². The van der Waals surface area contributed by atoms with Gasteiger partial charge in [-0.05, 0) is 18.4 Å². The molecule has 20 heavy (non-hydrogen) atoms. The smallest absolute Gasteiger partial charge is 0.268 e. The molecule has 5 nitrogen and oxygen atoms in total. The lowest BCUT2D eigenvalue weighted by atomic mass is 10.3. The summed E-state index contributed by atoms with van der Waals surface area (Å²) in [6, 6.07) is 5.18. The Hall–Kier alpha value is -2.08. The van der Waals surface area contributed by atoms with Crippen molar-refractivity contribution >= 4 is 17.2 Å². The Morgan fingerprint density at radius 3 is 2.95 bits per heavy atom. The van der Waals surface area contributed by atoms with Crippen molar-refractivity contribution in [3.05, 3.63) is 50.6 Å². The summed E-state index contributed by atoms with van der Waals surface area (Å²) < 4.78 is 6.80. The van der Waals surface area contributed by atoms with Gasteiger partial charge >= 0.3 is 0 Å². The van der Waals surface area contributed by atoms with Gasteiger partial charge in [0.1, 0.15) is 5.69 Å². The molecule has 0 radical (unpaired) electrons. The maximum atomic E-state index is 12.1. The summed E-state index contributed by atoms with van der Waals surface area (Å²) in [5.74, 6) is -0.0224. The van der Waals surface area contributed by atoms with Gasteiger partial charge in [-0.3, -0.25) is 9.59 Å². The van der Waals surface area contributed by atoms with Crippen LogP contribution in [0.2, 0.25) is 0 Å². The zero-order valence-corrected chi connectivity index (χ0v) is 12.2. The number of amides is 1. The van der Waals surface area contributed by atoms with E-state index in [2.05, 4.69) is 5.32 Å². The lowest BCUT2D eigenvalue weighted by Gasteiger charge is -2.11. The molecule has 6 heteroatoms. The number of pyridine rings is 1. The van der Waals surface area contributed by atoms with Crippen LogP contribution in [0.15, 0.2) is 34.6 Å². The van der Waals surface area contributed by atoms with E-state index >= 15 is 0 Å². The molecule has 0 bridgehead atoms. The van der Waals surface area contributed by atoms with Crippen molar-refractivity contribution in [1.29, 1.82) is 0 Å². The number of rotatable bonds is 5. The number of thiophene rings is 1. The third-order valence-corrected chi connectivity index (χ3v) is 3.61. The third kappa shape index (κ3) is 3.27. The molecule has 2 aromatic rings. The van der Waals surface area contributed by atoms with E-state index in [1.54, 1.807) is 29.9 Å². The second kappa shape index (κ2) is 6.38. The number of nitrogens with one attached hydrogen (secondary N) is 1. The van der Waals surface area contributed by atoms with Crippen molar-refractivity contribution in [2.75, 3.05) is 6.61 Å². The number of hydrogen-bond donors (Lipinski definition) is 1. The monoisotopic (exact) mass is 292 g/mol. The van der Waals surface area contributed by atoms with Gasteiger partial charge in [-0.1, -0.05) is 6.07 Å². The maximum Gasteiger partial charge on any atom is 0.268 e. The number of ether oxygens (including phenoxy) is 1. The molecule has 0 unspecified atom stereocenters. The van der Waals surface area contributed by atoms with Gasteiger partial charge in [0.05, 0.1) is 19.3 Å². The quantitative estimate of drug-likeness (QED) is 0.913. The highest BCUT2D eigenvalue weighted by atomic mass is 32.1. The Labute approximate surface area is 120 Å². The summed E-state index contributed by atoms with van der Waals surface area (Å²) in [5.41, 5.74) is 0.0289. The second-order valence-corrected chi connectivity index (χ2v) is 5.23. The Morgan fingerprint density at radius 1 is 1.50 bits per heavy atom. The SMILES string of the molecule is CCOc1cn(C)c(C(=O)NCc2cccs2)cc1=O. The van der Waals surface area contributed by atoms with Crippen molar-refractivity contribution in [2.24, 2.45) is 7.05 Å². The number of nitrogens with zero attached hydrogens (tertiary/aromatic N) is 1. The topological polar surface area (TPSA) is 60.3 Å². The maximum absolute atomic E-state index is 12.1. The summed E-state index contributed by atoms with van der Waals surface area (Å²) >= 11 is 1.57. The molecule has 106 valence electrons. The summed E-state index contributed by atoms with van der Waals surface area (Å²) in [6.45, 7) is 2.68. The number of carbonyl (C=O) groups is 1. The Bertz CT molecular complexity index is 647. The highest BCUT2D eigenvalue weighted by molar-refractivity contribution is 7.09. The molecule has 2 rings (SSSR count). The molecule has 2 heterocycles. The predicted octanol–water partition coefficient (Wildman–Crippen LogP) is 1.78. The first-order valence-corrected chi connectivity index (χ1v) is 7.14. The minimum Gasteiger partial charge on any atom is -0.488 e. The molecule has 0 aliphatic carbocycles. The van der Waals surface area contributed by atoms with Crippen LogP contribution in [-0.4, -0.2) is 17.1 Å². The lowest BCUT2D eigenvalue weighted by molar-refractivity contribution is 0.0942. The van der Waals surface area contributed by atoms with Crippen molar-refractivity contribution in [3.63, 3.8) is 0 Å². The van der Waals surface area contributed by atoms with E-state index < -0.39 is 0 Å². The minimum atomic E-state index is -0.286. The van der Waals surface area contributed by atoms with Gasteiger partial charge in [-0.2, -0.15) is 0 Å². The fourth-order valence-corrected chi connectivity index (χ4v) is 2.41. The molecule has 0 saturated heterocycles. The standard InChI is InChI=1S/C14H16N2O3S/c1-3-19-13-9-16(2)11(7-12(13)17)14(18)15-8-10-5-4-6-20-10/h4-7,9H,3,8H2,1-2H3,(H,15,18). The van der Waals surface area contributed by atoms with Gasteiger partial charge in [-0.25, -0.2) is 0 Å². The fourth-order valence-electron chi connectivity index (χ4n) is 1.77. The van der Waals surface area contributed by atoms with E-state index in [-0.39, 0.29) is 17.1 Å². The Kier molecular flexibility index (Phi) is 4.57. The van der Waals surface area contributed by atoms with E-state index in [9.17, 15) is 9.59 Å². The van der Waals surface area contributed by atoms with Gasteiger partial charge in [0, 0.05) is 18.0 Å². The van der Waals surface area contributed by atoms with Gasteiger partial charge in [0.25, 0.3) is 5.91 Å². The van der Waals surface area contributed by atoms with Crippen LogP contribution in [0, 0.1) is 0 Å². The average molecular weight is 292 g/mol. The number of carbonyl (C=O) groups excluding carboxylic acids is 1. The molecule has 0 saturated carbocycles. The van der Waals surface area contributed by atoms with Crippen molar-refractivity contribution in [1.82, 2.24) is 9.88 Å². The van der Waals surface area contributed by atoms with E-state index in [1.807, 2.05) is 17.5 Å². The largest absolute Gasteiger partial charge is 0.488 e. The lowest BCUT2D eigenvalue weighted by Crippen LogP contribution is -2.27. The third-order valence-electron chi connectivity index (χ3n) is 2.74. The average Bonchev–Trinajstić information content (AvgIpc) is 2.93.